The van der Waals surface area contributed by atoms with Crippen LogP contribution in [0.5, 0.6) is 0 Å². The molecule has 2 atom stereocenters. The second-order valence-electron chi connectivity index (χ2n) is 6.10. The van der Waals surface area contributed by atoms with E-state index in [0.717, 1.165) is 38.4 Å². The molecule has 6 nitrogen and oxygen atoms in total. The van der Waals surface area contributed by atoms with Crippen molar-refractivity contribution in [2.24, 2.45) is 7.05 Å². The maximum Gasteiger partial charge on any atom is 0.146 e. The van der Waals surface area contributed by atoms with E-state index in [0.29, 0.717) is 18.7 Å². The zero-order valence-corrected chi connectivity index (χ0v) is 12.3. The first-order valence-electron chi connectivity index (χ1n) is 7.69. The topological polar surface area (TPSA) is 57.4 Å². The molecule has 20 heavy (non-hydrogen) atoms. The van der Waals surface area contributed by atoms with E-state index in [1.165, 1.54) is 19.3 Å². The van der Waals surface area contributed by atoms with Crippen molar-refractivity contribution in [1.82, 2.24) is 24.6 Å². The molecule has 0 aliphatic carbocycles. The molecule has 2 fully saturated rings. The van der Waals surface area contributed by atoms with Crippen molar-refractivity contribution in [3.8, 4) is 0 Å². The Morgan fingerprint density at radius 2 is 1.95 bits per heavy atom. The van der Waals surface area contributed by atoms with Crippen molar-refractivity contribution in [3.63, 3.8) is 0 Å². The van der Waals surface area contributed by atoms with Gasteiger partial charge in [0.2, 0.25) is 0 Å². The molecule has 0 spiro atoms. The molecule has 3 rings (SSSR count). The van der Waals surface area contributed by atoms with Gasteiger partial charge in [0.15, 0.2) is 0 Å². The van der Waals surface area contributed by atoms with Crippen LogP contribution < -0.4 is 0 Å². The van der Waals surface area contributed by atoms with Gasteiger partial charge in [0, 0.05) is 25.7 Å². The molecule has 0 radical (unpaired) electrons. The van der Waals surface area contributed by atoms with Crippen molar-refractivity contribution in [2.75, 3.05) is 26.2 Å². The highest BCUT2D eigenvalue weighted by atomic mass is 16.3. The van der Waals surface area contributed by atoms with Gasteiger partial charge in [0.1, 0.15) is 12.2 Å². The standard InChI is InChI=1S/C14H25N5O/c1-17-11-15-16-14(17)9-19-7-2-4-12(19)8-18-6-3-5-13(18)10-20/h11-13,20H,2-10H2,1H3. The van der Waals surface area contributed by atoms with Crippen LogP contribution in [0.3, 0.4) is 0 Å². The maximum atomic E-state index is 9.44. The van der Waals surface area contributed by atoms with Crippen molar-refractivity contribution >= 4 is 0 Å². The van der Waals surface area contributed by atoms with Gasteiger partial charge in [-0.15, -0.1) is 10.2 Å². The third-order valence-corrected chi connectivity index (χ3v) is 4.80. The molecule has 0 bridgehead atoms. The first-order chi connectivity index (χ1) is 9.78. The molecule has 1 N–H and O–H groups in total. The van der Waals surface area contributed by atoms with Gasteiger partial charge in [0.05, 0.1) is 13.2 Å². The van der Waals surface area contributed by atoms with Gasteiger partial charge < -0.3 is 9.67 Å². The monoisotopic (exact) mass is 279 g/mol. The minimum absolute atomic E-state index is 0.302. The number of aryl methyl sites for hydroxylation is 1. The summed E-state index contributed by atoms with van der Waals surface area (Å²) in [4.78, 5) is 5.00. The van der Waals surface area contributed by atoms with Gasteiger partial charge in [-0.2, -0.15) is 0 Å². The van der Waals surface area contributed by atoms with E-state index < -0.39 is 0 Å². The number of rotatable bonds is 5. The molecule has 2 unspecified atom stereocenters. The lowest BCUT2D eigenvalue weighted by Crippen LogP contribution is -2.43. The average Bonchev–Trinajstić information content (AvgIpc) is 3.15. The zero-order valence-electron chi connectivity index (χ0n) is 12.3. The Bertz CT molecular complexity index is 435. The van der Waals surface area contributed by atoms with Crippen LogP contribution in [0, 0.1) is 0 Å². The Balaban J connectivity index is 1.59. The van der Waals surface area contributed by atoms with Crippen molar-refractivity contribution in [2.45, 2.75) is 44.3 Å². The molecule has 0 saturated carbocycles. The number of aliphatic hydroxyl groups is 1. The normalized spacial score (nSPS) is 28.5. The van der Waals surface area contributed by atoms with Crippen LogP contribution >= 0.6 is 0 Å². The van der Waals surface area contributed by atoms with Gasteiger partial charge in [-0.3, -0.25) is 9.80 Å². The highest BCUT2D eigenvalue weighted by molar-refractivity contribution is 4.91. The third-order valence-electron chi connectivity index (χ3n) is 4.80. The molecule has 2 aliphatic rings. The summed E-state index contributed by atoms with van der Waals surface area (Å²) >= 11 is 0. The Morgan fingerprint density at radius 1 is 1.20 bits per heavy atom. The first kappa shape index (κ1) is 14.0. The fourth-order valence-corrected chi connectivity index (χ4v) is 3.55. The minimum Gasteiger partial charge on any atom is -0.395 e. The number of hydrogen-bond acceptors (Lipinski definition) is 5. The molecular formula is C14H25N5O. The fraction of sp³-hybridized carbons (Fsp3) is 0.857. The quantitative estimate of drug-likeness (QED) is 0.836. The van der Waals surface area contributed by atoms with Crippen LogP contribution in [0.2, 0.25) is 0 Å². The highest BCUT2D eigenvalue weighted by Crippen LogP contribution is 2.24. The Morgan fingerprint density at radius 3 is 2.65 bits per heavy atom. The molecule has 1 aromatic rings. The number of likely N-dealkylation sites (tertiary alicyclic amines) is 2. The number of aliphatic hydroxyl groups excluding tert-OH is 1. The largest absolute Gasteiger partial charge is 0.395 e. The van der Waals surface area contributed by atoms with Gasteiger partial charge >= 0.3 is 0 Å². The predicted molar refractivity (Wildman–Crippen MR) is 76.1 cm³/mol. The number of hydrogen-bond donors (Lipinski definition) is 1. The predicted octanol–water partition coefficient (Wildman–Crippen LogP) is 0.236. The SMILES string of the molecule is Cn1cnnc1CN1CCCC1CN1CCCC1CO. The highest BCUT2D eigenvalue weighted by Gasteiger charge is 2.31. The van der Waals surface area contributed by atoms with E-state index in [2.05, 4.69) is 20.0 Å². The zero-order chi connectivity index (χ0) is 13.9. The Hall–Kier alpha value is -0.980. The molecule has 0 amide bonds. The maximum absolute atomic E-state index is 9.44. The Kier molecular flexibility index (Phi) is 4.33. The van der Waals surface area contributed by atoms with Gasteiger partial charge in [-0.05, 0) is 38.8 Å². The van der Waals surface area contributed by atoms with Gasteiger partial charge in [-0.25, -0.2) is 0 Å². The van der Waals surface area contributed by atoms with Crippen LogP contribution in [-0.4, -0.2) is 68.0 Å². The van der Waals surface area contributed by atoms with E-state index in [1.807, 2.05) is 11.6 Å². The lowest BCUT2D eigenvalue weighted by molar-refractivity contribution is 0.118. The molecule has 3 heterocycles. The average molecular weight is 279 g/mol. The van der Waals surface area contributed by atoms with E-state index in [-0.39, 0.29) is 0 Å². The molecule has 6 heteroatoms. The van der Waals surface area contributed by atoms with E-state index >= 15 is 0 Å². The Labute approximate surface area is 120 Å². The summed E-state index contributed by atoms with van der Waals surface area (Å²) in [6, 6.07) is 0.978. The fourth-order valence-electron chi connectivity index (χ4n) is 3.55. The summed E-state index contributed by atoms with van der Waals surface area (Å²) in [7, 11) is 2.00. The van der Waals surface area contributed by atoms with E-state index in [4.69, 9.17) is 0 Å². The first-order valence-corrected chi connectivity index (χ1v) is 7.69. The second-order valence-corrected chi connectivity index (χ2v) is 6.10. The third kappa shape index (κ3) is 2.87. The summed E-state index contributed by atoms with van der Waals surface area (Å²) in [6.45, 7) is 4.56. The lowest BCUT2D eigenvalue weighted by Gasteiger charge is -2.31. The number of nitrogens with zero attached hydrogens (tertiary/aromatic N) is 5. The van der Waals surface area contributed by atoms with E-state index in [1.54, 1.807) is 6.33 Å². The minimum atomic E-state index is 0.302. The smallest absolute Gasteiger partial charge is 0.146 e. The summed E-state index contributed by atoms with van der Waals surface area (Å²) in [5.41, 5.74) is 0. The van der Waals surface area contributed by atoms with Crippen LogP contribution in [0.1, 0.15) is 31.5 Å². The molecule has 1 aromatic heterocycles. The van der Waals surface area contributed by atoms with Gasteiger partial charge in [-0.1, -0.05) is 0 Å². The second kappa shape index (κ2) is 6.20. The van der Waals surface area contributed by atoms with Crippen LogP contribution in [-0.2, 0) is 13.6 Å². The molecule has 0 aromatic carbocycles. The van der Waals surface area contributed by atoms with Crippen LogP contribution in [0.15, 0.2) is 6.33 Å². The van der Waals surface area contributed by atoms with E-state index in [9.17, 15) is 5.11 Å². The molecule has 112 valence electrons. The summed E-state index contributed by atoms with van der Waals surface area (Å²) in [5, 5.41) is 17.6. The summed E-state index contributed by atoms with van der Waals surface area (Å²) in [6.07, 6.45) is 6.66. The molecule has 2 aliphatic heterocycles. The summed E-state index contributed by atoms with van der Waals surface area (Å²) in [5.74, 6) is 1.04. The summed E-state index contributed by atoms with van der Waals surface area (Å²) < 4.78 is 2.00. The van der Waals surface area contributed by atoms with Crippen LogP contribution in [0.4, 0.5) is 0 Å². The van der Waals surface area contributed by atoms with Crippen molar-refractivity contribution < 1.29 is 5.11 Å². The van der Waals surface area contributed by atoms with Crippen molar-refractivity contribution in [1.29, 1.82) is 0 Å². The molecular weight excluding hydrogens is 254 g/mol. The van der Waals surface area contributed by atoms with Crippen LogP contribution in [0.25, 0.3) is 0 Å². The number of aromatic nitrogens is 3. The van der Waals surface area contributed by atoms with Gasteiger partial charge in [0.25, 0.3) is 0 Å². The van der Waals surface area contributed by atoms with Crippen molar-refractivity contribution in [3.05, 3.63) is 12.2 Å². The molecule has 2 saturated heterocycles. The lowest BCUT2D eigenvalue weighted by atomic mass is 10.2.